The first kappa shape index (κ1) is 11.2. The predicted molar refractivity (Wildman–Crippen MR) is 54.1 cm³/mol. The van der Waals surface area contributed by atoms with Crippen molar-refractivity contribution in [3.8, 4) is 0 Å². The van der Waals surface area contributed by atoms with Crippen molar-refractivity contribution in [2.75, 3.05) is 25.5 Å². The molecule has 0 aromatic carbocycles. The number of likely N-dealkylation sites (N-methyl/N-ethyl adjacent to an activating group) is 1. The van der Waals surface area contributed by atoms with E-state index in [-0.39, 0.29) is 0 Å². The number of nitrogens with one attached hydrogen (secondary N) is 1. The number of anilines is 1. The van der Waals surface area contributed by atoms with E-state index in [2.05, 4.69) is 10.3 Å². The lowest BCUT2D eigenvalue weighted by molar-refractivity contribution is -0.137. The lowest BCUT2D eigenvalue weighted by Crippen LogP contribution is -2.20. The van der Waals surface area contributed by atoms with E-state index >= 15 is 0 Å². The van der Waals surface area contributed by atoms with Crippen LogP contribution >= 0.6 is 0 Å². The van der Waals surface area contributed by atoms with Crippen LogP contribution < -0.4 is 5.32 Å². The summed E-state index contributed by atoms with van der Waals surface area (Å²) >= 11 is 0. The van der Waals surface area contributed by atoms with Gasteiger partial charge in [-0.3, -0.25) is 0 Å². The molecule has 0 amide bonds. The van der Waals surface area contributed by atoms with Gasteiger partial charge in [-0.2, -0.15) is 13.2 Å². The molecule has 16 heavy (non-hydrogen) atoms. The van der Waals surface area contributed by atoms with Crippen LogP contribution in [0.3, 0.4) is 0 Å². The number of aromatic nitrogens is 1. The summed E-state index contributed by atoms with van der Waals surface area (Å²) in [5.74, 6) is 0.553. The van der Waals surface area contributed by atoms with E-state index in [1.807, 2.05) is 11.9 Å². The molecule has 1 aromatic heterocycles. The lowest BCUT2D eigenvalue weighted by atomic mass is 10.1. The average Bonchev–Trinajstić information content (AvgIpc) is 2.35. The normalized spacial score (nSPS) is 17.5. The fourth-order valence-electron chi connectivity index (χ4n) is 1.68. The van der Waals surface area contributed by atoms with E-state index in [1.165, 1.54) is 0 Å². The third kappa shape index (κ3) is 2.27. The van der Waals surface area contributed by atoms with Crippen molar-refractivity contribution in [2.45, 2.75) is 12.7 Å². The Morgan fingerprint density at radius 2 is 2.19 bits per heavy atom. The number of hydrogen-bond acceptors (Lipinski definition) is 3. The zero-order valence-corrected chi connectivity index (χ0v) is 8.80. The van der Waals surface area contributed by atoms with E-state index in [0.717, 1.165) is 18.8 Å². The highest BCUT2D eigenvalue weighted by atomic mass is 19.4. The van der Waals surface area contributed by atoms with Gasteiger partial charge in [0.15, 0.2) is 0 Å². The maximum Gasteiger partial charge on any atom is 0.417 e. The van der Waals surface area contributed by atoms with E-state index in [9.17, 15) is 13.2 Å². The number of halogens is 3. The maximum absolute atomic E-state index is 12.5. The maximum atomic E-state index is 12.5. The van der Waals surface area contributed by atoms with Gasteiger partial charge in [-0.25, -0.2) is 4.98 Å². The minimum atomic E-state index is -4.33. The predicted octanol–water partition coefficient (Wildman–Crippen LogP) is 1.96. The molecule has 0 spiro atoms. The Kier molecular flexibility index (Phi) is 2.75. The molecule has 1 aromatic rings. The van der Waals surface area contributed by atoms with Gasteiger partial charge in [-0.1, -0.05) is 0 Å². The van der Waals surface area contributed by atoms with Gasteiger partial charge >= 0.3 is 6.18 Å². The summed E-state index contributed by atoms with van der Waals surface area (Å²) in [4.78, 5) is 5.78. The number of pyridine rings is 1. The summed E-state index contributed by atoms with van der Waals surface area (Å²) in [6.45, 7) is 1.97. The molecule has 1 N–H and O–H groups in total. The molecule has 0 aliphatic carbocycles. The van der Waals surface area contributed by atoms with Crippen molar-refractivity contribution in [1.82, 2.24) is 9.88 Å². The first-order valence-corrected chi connectivity index (χ1v) is 4.95. The summed E-state index contributed by atoms with van der Waals surface area (Å²) in [6, 6.07) is 1.16. The molecule has 0 radical (unpaired) electrons. The summed E-state index contributed by atoms with van der Waals surface area (Å²) in [5.41, 5.74) is -0.0989. The molecule has 0 bridgehead atoms. The van der Waals surface area contributed by atoms with Crippen LogP contribution in [0.15, 0.2) is 12.3 Å². The van der Waals surface area contributed by atoms with E-state index in [4.69, 9.17) is 0 Å². The molecule has 1 aliphatic rings. The molecule has 3 nitrogen and oxygen atoms in total. The van der Waals surface area contributed by atoms with Crippen molar-refractivity contribution < 1.29 is 13.2 Å². The van der Waals surface area contributed by atoms with Crippen molar-refractivity contribution in [1.29, 1.82) is 0 Å². The van der Waals surface area contributed by atoms with Crippen LogP contribution in [0.2, 0.25) is 0 Å². The second-order valence-electron chi connectivity index (χ2n) is 3.89. The van der Waals surface area contributed by atoms with Crippen molar-refractivity contribution in [3.63, 3.8) is 0 Å². The van der Waals surface area contributed by atoms with Gasteiger partial charge in [0.1, 0.15) is 5.82 Å². The molecular weight excluding hydrogens is 219 g/mol. The zero-order valence-electron chi connectivity index (χ0n) is 8.80. The smallest absolute Gasteiger partial charge is 0.369 e. The molecule has 0 atom stereocenters. The highest BCUT2D eigenvalue weighted by Gasteiger charge is 2.32. The molecule has 6 heteroatoms. The summed E-state index contributed by atoms with van der Waals surface area (Å²) in [7, 11) is 1.87. The molecule has 0 fully saturated rings. The Morgan fingerprint density at radius 3 is 2.88 bits per heavy atom. The molecule has 1 aliphatic heterocycles. The Morgan fingerprint density at radius 1 is 1.44 bits per heavy atom. The van der Waals surface area contributed by atoms with E-state index in [0.29, 0.717) is 24.5 Å². The number of nitrogens with zero attached hydrogens (tertiary/aromatic N) is 2. The van der Waals surface area contributed by atoms with Gasteiger partial charge in [0, 0.05) is 31.4 Å². The van der Waals surface area contributed by atoms with Gasteiger partial charge < -0.3 is 10.2 Å². The van der Waals surface area contributed by atoms with Crippen LogP contribution in [0.25, 0.3) is 0 Å². The van der Waals surface area contributed by atoms with Gasteiger partial charge in [0.2, 0.25) is 0 Å². The Balaban J connectivity index is 2.37. The summed E-state index contributed by atoms with van der Waals surface area (Å²) in [6.07, 6.45) is -3.45. The van der Waals surface area contributed by atoms with Crippen molar-refractivity contribution in [3.05, 3.63) is 23.4 Å². The van der Waals surface area contributed by atoms with Gasteiger partial charge in [0.25, 0.3) is 0 Å². The minimum absolute atomic E-state index is 0.485. The van der Waals surface area contributed by atoms with Crippen LogP contribution in [0.5, 0.6) is 0 Å². The highest BCUT2D eigenvalue weighted by molar-refractivity contribution is 5.46. The van der Waals surface area contributed by atoms with Crippen molar-refractivity contribution in [2.24, 2.45) is 0 Å². The minimum Gasteiger partial charge on any atom is -0.369 e. The molecule has 2 heterocycles. The summed E-state index contributed by atoms with van der Waals surface area (Å²) < 4.78 is 37.4. The second kappa shape index (κ2) is 3.93. The zero-order chi connectivity index (χ0) is 11.8. The largest absolute Gasteiger partial charge is 0.417 e. The topological polar surface area (TPSA) is 28.2 Å². The molecule has 2 rings (SSSR count). The van der Waals surface area contributed by atoms with Crippen molar-refractivity contribution >= 4 is 5.82 Å². The van der Waals surface area contributed by atoms with E-state index in [1.54, 1.807) is 0 Å². The quantitative estimate of drug-likeness (QED) is 0.739. The fourth-order valence-corrected chi connectivity index (χ4v) is 1.68. The lowest BCUT2D eigenvalue weighted by Gasteiger charge is -2.13. The molecule has 0 saturated heterocycles. The van der Waals surface area contributed by atoms with Gasteiger partial charge in [-0.15, -0.1) is 0 Å². The number of fused-ring (bicyclic) bond motifs is 1. The van der Waals surface area contributed by atoms with Crippen LogP contribution in [0.1, 0.15) is 11.1 Å². The molecule has 88 valence electrons. The first-order valence-electron chi connectivity index (χ1n) is 4.95. The third-order valence-electron chi connectivity index (χ3n) is 2.52. The number of hydrogen-bond donors (Lipinski definition) is 1. The third-order valence-corrected chi connectivity index (χ3v) is 2.52. The highest BCUT2D eigenvalue weighted by Crippen LogP contribution is 2.31. The number of alkyl halides is 3. The van der Waals surface area contributed by atoms with Crippen LogP contribution in [-0.2, 0) is 12.7 Å². The SMILES string of the molecule is CN1CCNc2ncc(C(F)(F)F)cc2C1. The molecule has 0 saturated carbocycles. The fraction of sp³-hybridized carbons (Fsp3) is 0.500. The van der Waals surface area contributed by atoms with Crippen LogP contribution in [0, 0.1) is 0 Å². The van der Waals surface area contributed by atoms with E-state index < -0.39 is 11.7 Å². The molecular formula is C10H12F3N3. The van der Waals surface area contributed by atoms with Crippen LogP contribution in [-0.4, -0.2) is 30.0 Å². The second-order valence-corrected chi connectivity index (χ2v) is 3.89. The monoisotopic (exact) mass is 231 g/mol. The Labute approximate surface area is 91.3 Å². The van der Waals surface area contributed by atoms with Gasteiger partial charge in [-0.05, 0) is 13.1 Å². The summed E-state index contributed by atoms with van der Waals surface area (Å²) in [5, 5.41) is 3.01. The first-order chi connectivity index (χ1) is 7.47. The Hall–Kier alpha value is -1.30. The Bertz CT molecular complexity index is 389. The van der Waals surface area contributed by atoms with Gasteiger partial charge in [0.05, 0.1) is 5.56 Å². The molecule has 0 unspecified atom stereocenters. The average molecular weight is 231 g/mol. The van der Waals surface area contributed by atoms with Crippen LogP contribution in [0.4, 0.5) is 19.0 Å². The number of rotatable bonds is 0. The standard InChI is InChI=1S/C10H12F3N3/c1-16-3-2-14-9-7(6-16)4-8(5-15-9)10(11,12)13/h4-5H,2-3,6H2,1H3,(H,14,15).